The van der Waals surface area contributed by atoms with Crippen LogP contribution in [0.1, 0.15) is 5.56 Å². The zero-order valence-electron chi connectivity index (χ0n) is 10.5. The highest BCUT2D eigenvalue weighted by Crippen LogP contribution is 2.24. The van der Waals surface area contributed by atoms with Gasteiger partial charge in [-0.1, -0.05) is 17.7 Å². The SMILES string of the molecule is CN1CCOC(CNCc2c(O)cccc2Cl)C1. The number of halogens is 1. The maximum atomic E-state index is 9.71. The monoisotopic (exact) mass is 270 g/mol. The number of hydrogen-bond acceptors (Lipinski definition) is 4. The molecule has 2 N–H and O–H groups in total. The Labute approximate surface area is 113 Å². The summed E-state index contributed by atoms with van der Waals surface area (Å²) in [5, 5.41) is 13.6. The fraction of sp³-hybridized carbons (Fsp3) is 0.538. The maximum absolute atomic E-state index is 9.71. The van der Waals surface area contributed by atoms with Crippen LogP contribution in [0.15, 0.2) is 18.2 Å². The van der Waals surface area contributed by atoms with Gasteiger partial charge >= 0.3 is 0 Å². The lowest BCUT2D eigenvalue weighted by atomic mass is 10.2. The number of likely N-dealkylation sites (N-methyl/N-ethyl adjacent to an activating group) is 1. The smallest absolute Gasteiger partial charge is 0.121 e. The fourth-order valence-corrected chi connectivity index (χ4v) is 2.31. The lowest BCUT2D eigenvalue weighted by Gasteiger charge is -2.30. The minimum Gasteiger partial charge on any atom is -0.508 e. The summed E-state index contributed by atoms with van der Waals surface area (Å²) in [7, 11) is 2.09. The van der Waals surface area contributed by atoms with E-state index in [2.05, 4.69) is 17.3 Å². The van der Waals surface area contributed by atoms with Gasteiger partial charge in [-0.05, 0) is 19.2 Å². The van der Waals surface area contributed by atoms with Crippen LogP contribution in [0.4, 0.5) is 0 Å². The molecule has 1 saturated heterocycles. The molecule has 1 fully saturated rings. The van der Waals surface area contributed by atoms with Gasteiger partial charge in [-0.25, -0.2) is 0 Å². The third kappa shape index (κ3) is 3.59. The van der Waals surface area contributed by atoms with E-state index in [9.17, 15) is 5.11 Å². The molecule has 18 heavy (non-hydrogen) atoms. The highest BCUT2D eigenvalue weighted by atomic mass is 35.5. The first-order chi connectivity index (χ1) is 8.66. The Kier molecular flexibility index (Phi) is 4.83. The molecule has 1 aromatic rings. The predicted molar refractivity (Wildman–Crippen MR) is 72.1 cm³/mol. The number of aromatic hydroxyl groups is 1. The second-order valence-electron chi connectivity index (χ2n) is 4.62. The number of hydrogen-bond donors (Lipinski definition) is 2. The van der Waals surface area contributed by atoms with E-state index in [4.69, 9.17) is 16.3 Å². The summed E-state index contributed by atoms with van der Waals surface area (Å²) in [6.45, 7) is 4.01. The van der Waals surface area contributed by atoms with Crippen LogP contribution in [0.2, 0.25) is 5.02 Å². The van der Waals surface area contributed by atoms with Crippen molar-refractivity contribution in [2.75, 3.05) is 33.3 Å². The van der Waals surface area contributed by atoms with Crippen molar-refractivity contribution in [2.24, 2.45) is 0 Å². The Morgan fingerprint density at radius 3 is 3.11 bits per heavy atom. The molecular formula is C13H19ClN2O2. The zero-order valence-corrected chi connectivity index (χ0v) is 11.3. The minimum atomic E-state index is 0.202. The van der Waals surface area contributed by atoms with Gasteiger partial charge in [-0.2, -0.15) is 0 Å². The summed E-state index contributed by atoms with van der Waals surface area (Å²) < 4.78 is 5.65. The predicted octanol–water partition coefficient (Wildman–Crippen LogP) is 1.47. The molecule has 0 bridgehead atoms. The summed E-state index contributed by atoms with van der Waals surface area (Å²) in [6.07, 6.45) is 0.202. The fourth-order valence-electron chi connectivity index (χ4n) is 2.07. The lowest BCUT2D eigenvalue weighted by Crippen LogP contribution is -2.44. The summed E-state index contributed by atoms with van der Waals surface area (Å²) in [5.74, 6) is 0.233. The molecule has 0 amide bonds. The molecule has 1 atom stereocenters. The van der Waals surface area contributed by atoms with Gasteiger partial charge in [-0.15, -0.1) is 0 Å². The number of nitrogens with one attached hydrogen (secondary N) is 1. The average molecular weight is 271 g/mol. The maximum Gasteiger partial charge on any atom is 0.121 e. The number of rotatable bonds is 4. The van der Waals surface area contributed by atoms with Crippen molar-refractivity contribution in [3.63, 3.8) is 0 Å². The third-order valence-corrected chi connectivity index (χ3v) is 3.46. The van der Waals surface area contributed by atoms with Crippen LogP contribution in [0, 0.1) is 0 Å². The second kappa shape index (κ2) is 6.38. The molecule has 2 rings (SSSR count). The number of phenols is 1. The first kappa shape index (κ1) is 13.6. The van der Waals surface area contributed by atoms with Crippen LogP contribution in [-0.4, -0.2) is 49.4 Å². The second-order valence-corrected chi connectivity index (χ2v) is 5.03. The van der Waals surface area contributed by atoms with Crippen LogP contribution >= 0.6 is 11.6 Å². The number of phenolic OH excluding ortho intramolecular Hbond substituents is 1. The summed E-state index contributed by atoms with van der Waals surface area (Å²) in [4.78, 5) is 2.25. The van der Waals surface area contributed by atoms with E-state index in [1.165, 1.54) is 0 Å². The van der Waals surface area contributed by atoms with Gasteiger partial charge in [-0.3, -0.25) is 0 Å². The van der Waals surface area contributed by atoms with E-state index in [1.807, 2.05) is 0 Å². The lowest BCUT2D eigenvalue weighted by molar-refractivity contribution is -0.0182. The van der Waals surface area contributed by atoms with E-state index in [-0.39, 0.29) is 11.9 Å². The highest BCUT2D eigenvalue weighted by Gasteiger charge is 2.17. The minimum absolute atomic E-state index is 0.202. The van der Waals surface area contributed by atoms with E-state index in [1.54, 1.807) is 18.2 Å². The molecular weight excluding hydrogens is 252 g/mol. The normalized spacial score (nSPS) is 21.1. The number of nitrogens with zero attached hydrogens (tertiary/aromatic N) is 1. The molecule has 1 aromatic carbocycles. The Morgan fingerprint density at radius 2 is 2.39 bits per heavy atom. The van der Waals surface area contributed by atoms with E-state index >= 15 is 0 Å². The molecule has 1 unspecified atom stereocenters. The van der Waals surface area contributed by atoms with Gasteiger partial charge in [0.05, 0.1) is 12.7 Å². The average Bonchev–Trinajstić information content (AvgIpc) is 2.33. The van der Waals surface area contributed by atoms with Crippen LogP contribution in [0.5, 0.6) is 5.75 Å². The van der Waals surface area contributed by atoms with Gasteiger partial charge in [0.1, 0.15) is 5.75 Å². The molecule has 0 saturated carbocycles. The van der Waals surface area contributed by atoms with Gasteiger partial charge < -0.3 is 20.1 Å². The Bertz CT molecular complexity index is 380. The molecule has 100 valence electrons. The third-order valence-electron chi connectivity index (χ3n) is 3.11. The van der Waals surface area contributed by atoms with Crippen LogP contribution in [-0.2, 0) is 11.3 Å². The van der Waals surface area contributed by atoms with Crippen LogP contribution < -0.4 is 5.32 Å². The van der Waals surface area contributed by atoms with Crippen molar-refractivity contribution >= 4 is 11.6 Å². The standard InChI is InChI=1S/C13H19ClN2O2/c1-16-5-6-18-10(9-16)7-15-8-11-12(14)3-2-4-13(11)17/h2-4,10,15,17H,5-9H2,1H3. The van der Waals surface area contributed by atoms with Crippen LogP contribution in [0.25, 0.3) is 0 Å². The molecule has 4 nitrogen and oxygen atoms in total. The quantitative estimate of drug-likeness (QED) is 0.870. The summed E-state index contributed by atoms with van der Waals surface area (Å²) in [5.41, 5.74) is 0.739. The van der Waals surface area contributed by atoms with Crippen molar-refractivity contribution in [2.45, 2.75) is 12.6 Å². The van der Waals surface area contributed by atoms with Crippen molar-refractivity contribution in [1.82, 2.24) is 10.2 Å². The Morgan fingerprint density at radius 1 is 1.56 bits per heavy atom. The summed E-state index contributed by atoms with van der Waals surface area (Å²) in [6, 6.07) is 5.16. The Hall–Kier alpha value is -0.810. The van der Waals surface area contributed by atoms with E-state index < -0.39 is 0 Å². The molecule has 5 heteroatoms. The number of benzene rings is 1. The number of morpholine rings is 1. The first-order valence-corrected chi connectivity index (χ1v) is 6.52. The van der Waals surface area contributed by atoms with Crippen LogP contribution in [0.3, 0.4) is 0 Å². The Balaban J connectivity index is 1.81. The molecule has 0 radical (unpaired) electrons. The van der Waals surface area contributed by atoms with Gasteiger partial charge in [0.25, 0.3) is 0 Å². The van der Waals surface area contributed by atoms with E-state index in [0.29, 0.717) is 11.6 Å². The van der Waals surface area contributed by atoms with Gasteiger partial charge in [0.2, 0.25) is 0 Å². The molecule has 0 spiro atoms. The number of ether oxygens (including phenoxy) is 1. The molecule has 1 aliphatic heterocycles. The van der Waals surface area contributed by atoms with E-state index in [0.717, 1.165) is 31.8 Å². The van der Waals surface area contributed by atoms with Crippen molar-refractivity contribution in [1.29, 1.82) is 0 Å². The van der Waals surface area contributed by atoms with Gasteiger partial charge in [0, 0.05) is 36.8 Å². The first-order valence-electron chi connectivity index (χ1n) is 6.14. The topological polar surface area (TPSA) is 44.7 Å². The molecule has 0 aliphatic carbocycles. The van der Waals surface area contributed by atoms with Crippen molar-refractivity contribution < 1.29 is 9.84 Å². The summed E-state index contributed by atoms with van der Waals surface area (Å²) >= 11 is 6.03. The molecule has 0 aromatic heterocycles. The van der Waals surface area contributed by atoms with Crippen molar-refractivity contribution in [3.05, 3.63) is 28.8 Å². The zero-order chi connectivity index (χ0) is 13.0. The van der Waals surface area contributed by atoms with Gasteiger partial charge in [0.15, 0.2) is 0 Å². The highest BCUT2D eigenvalue weighted by molar-refractivity contribution is 6.31. The molecule has 1 heterocycles. The van der Waals surface area contributed by atoms with Crippen molar-refractivity contribution in [3.8, 4) is 5.75 Å². The molecule has 1 aliphatic rings. The largest absolute Gasteiger partial charge is 0.508 e.